The van der Waals surface area contributed by atoms with Crippen molar-refractivity contribution in [3.63, 3.8) is 0 Å². The number of rotatable bonds is 0. The zero-order valence-electron chi connectivity index (χ0n) is 11.1. The summed E-state index contributed by atoms with van der Waals surface area (Å²) in [5.41, 5.74) is 0.588. The number of hydrogen-bond donors (Lipinski definition) is 0. The SMILES string of the molecule is CC.COC1=NC2(C)CCC2(C)C(C)C1. The summed E-state index contributed by atoms with van der Waals surface area (Å²) in [7, 11) is 1.73. The molecule has 1 saturated carbocycles. The number of hydrogen-bond acceptors (Lipinski definition) is 2. The minimum Gasteiger partial charge on any atom is -0.484 e. The third-order valence-electron chi connectivity index (χ3n) is 4.54. The highest BCUT2D eigenvalue weighted by atomic mass is 16.5. The summed E-state index contributed by atoms with van der Waals surface area (Å²) >= 11 is 0. The van der Waals surface area contributed by atoms with Crippen LogP contribution < -0.4 is 0 Å². The van der Waals surface area contributed by atoms with Crippen LogP contribution in [0.2, 0.25) is 0 Å². The molecular formula is C13H25NO. The van der Waals surface area contributed by atoms with E-state index >= 15 is 0 Å². The van der Waals surface area contributed by atoms with E-state index in [1.165, 1.54) is 12.8 Å². The van der Waals surface area contributed by atoms with Gasteiger partial charge in [0, 0.05) is 6.42 Å². The Hall–Kier alpha value is -0.530. The van der Waals surface area contributed by atoms with Gasteiger partial charge in [-0.3, -0.25) is 0 Å². The van der Waals surface area contributed by atoms with Crippen molar-refractivity contribution in [1.29, 1.82) is 0 Å². The van der Waals surface area contributed by atoms with Crippen LogP contribution in [0.3, 0.4) is 0 Å². The molecule has 0 amide bonds. The van der Waals surface area contributed by atoms with Gasteiger partial charge in [-0.2, -0.15) is 0 Å². The Morgan fingerprint density at radius 2 is 1.87 bits per heavy atom. The summed E-state index contributed by atoms with van der Waals surface area (Å²) < 4.78 is 5.27. The molecule has 88 valence electrons. The van der Waals surface area contributed by atoms with Crippen molar-refractivity contribution >= 4 is 5.90 Å². The molecule has 0 spiro atoms. The number of fused-ring (bicyclic) bond motifs is 1. The molecule has 3 unspecified atom stereocenters. The lowest BCUT2D eigenvalue weighted by atomic mass is 9.50. The van der Waals surface area contributed by atoms with Gasteiger partial charge in [-0.15, -0.1) is 0 Å². The Kier molecular flexibility index (Phi) is 3.47. The normalized spacial score (nSPS) is 42.8. The second-order valence-corrected chi connectivity index (χ2v) is 5.01. The van der Waals surface area contributed by atoms with Crippen LogP contribution in [0.15, 0.2) is 4.99 Å². The summed E-state index contributed by atoms with van der Waals surface area (Å²) in [5.74, 6) is 1.66. The third kappa shape index (κ3) is 1.68. The van der Waals surface area contributed by atoms with Gasteiger partial charge in [0.25, 0.3) is 0 Å². The van der Waals surface area contributed by atoms with Crippen molar-refractivity contribution in [2.24, 2.45) is 16.3 Å². The zero-order chi connectivity index (χ0) is 11.7. The molecule has 0 radical (unpaired) electrons. The number of aliphatic imine (C=N–C) groups is 1. The van der Waals surface area contributed by atoms with Crippen LogP contribution in [-0.4, -0.2) is 18.5 Å². The van der Waals surface area contributed by atoms with Gasteiger partial charge in [-0.25, -0.2) is 4.99 Å². The fourth-order valence-corrected chi connectivity index (χ4v) is 2.78. The molecule has 1 aliphatic heterocycles. The Balaban J connectivity index is 0.000000531. The lowest BCUT2D eigenvalue weighted by Crippen LogP contribution is -2.58. The van der Waals surface area contributed by atoms with Crippen molar-refractivity contribution in [3.8, 4) is 0 Å². The van der Waals surface area contributed by atoms with Crippen LogP contribution >= 0.6 is 0 Å². The van der Waals surface area contributed by atoms with Crippen LogP contribution in [0.1, 0.15) is 53.9 Å². The molecule has 0 aromatic rings. The average molecular weight is 211 g/mol. The Labute approximate surface area is 94.1 Å². The van der Waals surface area contributed by atoms with E-state index in [4.69, 9.17) is 9.73 Å². The zero-order valence-corrected chi connectivity index (χ0v) is 11.1. The van der Waals surface area contributed by atoms with Gasteiger partial charge in [0.15, 0.2) is 5.90 Å². The Morgan fingerprint density at radius 3 is 2.20 bits per heavy atom. The lowest BCUT2D eigenvalue weighted by Gasteiger charge is -2.59. The van der Waals surface area contributed by atoms with E-state index in [2.05, 4.69) is 20.8 Å². The van der Waals surface area contributed by atoms with Gasteiger partial charge < -0.3 is 4.74 Å². The molecule has 2 aliphatic rings. The monoisotopic (exact) mass is 211 g/mol. The first-order chi connectivity index (χ1) is 7.02. The molecule has 0 bridgehead atoms. The van der Waals surface area contributed by atoms with Crippen molar-refractivity contribution in [1.82, 2.24) is 0 Å². The first-order valence-electron chi connectivity index (χ1n) is 6.14. The highest BCUT2D eigenvalue weighted by Crippen LogP contribution is 2.59. The molecule has 1 aliphatic carbocycles. The predicted octanol–water partition coefficient (Wildman–Crippen LogP) is 3.66. The maximum Gasteiger partial charge on any atom is 0.183 e. The molecule has 2 heteroatoms. The van der Waals surface area contributed by atoms with E-state index in [0.717, 1.165) is 12.3 Å². The van der Waals surface area contributed by atoms with E-state index < -0.39 is 0 Å². The molecule has 1 heterocycles. The summed E-state index contributed by atoms with van der Waals surface area (Å²) in [4.78, 5) is 4.72. The van der Waals surface area contributed by atoms with E-state index in [0.29, 0.717) is 11.3 Å². The molecule has 2 rings (SSSR count). The van der Waals surface area contributed by atoms with Crippen LogP contribution in [0, 0.1) is 11.3 Å². The van der Waals surface area contributed by atoms with Gasteiger partial charge in [-0.1, -0.05) is 27.7 Å². The second-order valence-electron chi connectivity index (χ2n) is 5.01. The summed E-state index contributed by atoms with van der Waals surface area (Å²) in [6.07, 6.45) is 3.56. The number of methoxy groups -OCH3 is 1. The molecule has 0 aromatic carbocycles. The molecular weight excluding hydrogens is 186 g/mol. The van der Waals surface area contributed by atoms with Gasteiger partial charge in [-0.05, 0) is 31.1 Å². The molecule has 2 nitrogen and oxygen atoms in total. The molecule has 15 heavy (non-hydrogen) atoms. The lowest BCUT2D eigenvalue weighted by molar-refractivity contribution is -0.0315. The summed E-state index contributed by atoms with van der Waals surface area (Å²) in [5, 5.41) is 0. The van der Waals surface area contributed by atoms with Crippen LogP contribution in [-0.2, 0) is 4.74 Å². The minimum atomic E-state index is 0.163. The van der Waals surface area contributed by atoms with Gasteiger partial charge in [0.05, 0.1) is 12.6 Å². The predicted molar refractivity (Wildman–Crippen MR) is 65.3 cm³/mol. The molecule has 0 saturated heterocycles. The topological polar surface area (TPSA) is 21.6 Å². The first-order valence-corrected chi connectivity index (χ1v) is 6.14. The smallest absolute Gasteiger partial charge is 0.183 e. The molecule has 0 aromatic heterocycles. The van der Waals surface area contributed by atoms with E-state index in [-0.39, 0.29) is 5.54 Å². The van der Waals surface area contributed by atoms with Gasteiger partial charge >= 0.3 is 0 Å². The van der Waals surface area contributed by atoms with Crippen LogP contribution in [0.5, 0.6) is 0 Å². The van der Waals surface area contributed by atoms with Crippen molar-refractivity contribution in [2.45, 2.75) is 59.4 Å². The third-order valence-corrected chi connectivity index (χ3v) is 4.54. The molecule has 3 atom stereocenters. The first kappa shape index (κ1) is 12.5. The summed E-state index contributed by atoms with van der Waals surface area (Å²) in [6, 6.07) is 0. The largest absolute Gasteiger partial charge is 0.484 e. The van der Waals surface area contributed by atoms with Gasteiger partial charge in [0.1, 0.15) is 0 Å². The average Bonchev–Trinajstić information content (AvgIpc) is 2.26. The highest BCUT2D eigenvalue weighted by Gasteiger charge is 2.58. The Morgan fingerprint density at radius 1 is 1.27 bits per heavy atom. The second kappa shape index (κ2) is 4.15. The van der Waals surface area contributed by atoms with Crippen molar-refractivity contribution in [3.05, 3.63) is 0 Å². The number of ether oxygens (including phenoxy) is 1. The minimum absolute atomic E-state index is 0.163. The number of nitrogens with zero attached hydrogens (tertiary/aromatic N) is 1. The molecule has 1 fully saturated rings. The Bertz CT molecular complexity index is 261. The summed E-state index contributed by atoms with van der Waals surface area (Å²) in [6.45, 7) is 11.0. The van der Waals surface area contributed by atoms with Crippen LogP contribution in [0.25, 0.3) is 0 Å². The maximum absolute atomic E-state index is 5.27. The van der Waals surface area contributed by atoms with E-state index in [1.54, 1.807) is 7.11 Å². The van der Waals surface area contributed by atoms with Crippen molar-refractivity contribution < 1.29 is 4.74 Å². The van der Waals surface area contributed by atoms with Crippen molar-refractivity contribution in [2.75, 3.05) is 7.11 Å². The fraction of sp³-hybridized carbons (Fsp3) is 0.923. The standard InChI is InChI=1S/C11H19NO.C2H6/c1-8-7-9(13-4)12-11(3)6-5-10(8,11)2;1-2/h8H,5-7H2,1-4H3;1-2H3. The molecule has 0 N–H and O–H groups in total. The van der Waals surface area contributed by atoms with Crippen LogP contribution in [0.4, 0.5) is 0 Å². The fourth-order valence-electron chi connectivity index (χ4n) is 2.78. The van der Waals surface area contributed by atoms with E-state index in [9.17, 15) is 0 Å². The maximum atomic E-state index is 5.27. The quantitative estimate of drug-likeness (QED) is 0.599. The van der Waals surface area contributed by atoms with Gasteiger partial charge in [0.2, 0.25) is 0 Å². The van der Waals surface area contributed by atoms with E-state index in [1.807, 2.05) is 13.8 Å². The highest BCUT2D eigenvalue weighted by molar-refractivity contribution is 5.78.